The Kier molecular flexibility index (Phi) is 6.11. The molecular formula is C19H26N4O3S. The lowest BCUT2D eigenvalue weighted by Crippen LogP contribution is -2.54. The molecule has 3 rings (SSSR count). The molecule has 1 aromatic heterocycles. The SMILES string of the molecule is CC(NC1(CNc2ncccc2S(N)(=O)=O)CCOCC1)c1ccccc1. The Bertz CT molecular complexity index is 852. The van der Waals surface area contributed by atoms with Crippen molar-refractivity contribution in [3.05, 3.63) is 54.2 Å². The van der Waals surface area contributed by atoms with E-state index in [0.29, 0.717) is 19.8 Å². The molecule has 2 heterocycles. The topological polar surface area (TPSA) is 106 Å². The Labute approximate surface area is 160 Å². The number of hydrogen-bond acceptors (Lipinski definition) is 6. The molecule has 0 spiro atoms. The molecular weight excluding hydrogens is 364 g/mol. The van der Waals surface area contributed by atoms with Gasteiger partial charge in [0.05, 0.1) is 0 Å². The van der Waals surface area contributed by atoms with Crippen molar-refractivity contribution < 1.29 is 13.2 Å². The molecule has 1 atom stereocenters. The van der Waals surface area contributed by atoms with Crippen LogP contribution in [-0.2, 0) is 14.8 Å². The first-order chi connectivity index (χ1) is 12.9. The van der Waals surface area contributed by atoms with Gasteiger partial charge < -0.3 is 15.4 Å². The molecule has 1 fully saturated rings. The second-order valence-corrected chi connectivity index (χ2v) is 8.45. The van der Waals surface area contributed by atoms with Gasteiger partial charge in [0.2, 0.25) is 10.0 Å². The van der Waals surface area contributed by atoms with Gasteiger partial charge in [0, 0.05) is 37.5 Å². The van der Waals surface area contributed by atoms with Crippen molar-refractivity contribution in [2.45, 2.75) is 36.2 Å². The first kappa shape index (κ1) is 19.8. The zero-order valence-electron chi connectivity index (χ0n) is 15.4. The second-order valence-electron chi connectivity index (χ2n) is 6.92. The highest BCUT2D eigenvalue weighted by molar-refractivity contribution is 7.89. The lowest BCUT2D eigenvalue weighted by Gasteiger charge is -2.41. The zero-order chi connectivity index (χ0) is 19.3. The lowest BCUT2D eigenvalue weighted by molar-refractivity contribution is 0.0389. The van der Waals surface area contributed by atoms with Gasteiger partial charge in [0.15, 0.2) is 0 Å². The number of aromatic nitrogens is 1. The molecule has 2 aromatic rings. The molecule has 8 heteroatoms. The third-order valence-electron chi connectivity index (χ3n) is 4.94. The number of nitrogens with two attached hydrogens (primary N) is 1. The van der Waals surface area contributed by atoms with E-state index in [9.17, 15) is 8.42 Å². The average Bonchev–Trinajstić information content (AvgIpc) is 2.67. The standard InChI is InChI=1S/C19H26N4O3S/c1-15(16-6-3-2-4-7-16)23-19(9-12-26-13-10-19)14-22-18-17(27(20,24)25)8-5-11-21-18/h2-8,11,15,23H,9-10,12-14H2,1H3,(H,21,22)(H2,20,24,25). The Morgan fingerprint density at radius 3 is 2.56 bits per heavy atom. The van der Waals surface area contributed by atoms with Crippen LogP contribution in [0, 0.1) is 0 Å². The Morgan fingerprint density at radius 2 is 1.89 bits per heavy atom. The van der Waals surface area contributed by atoms with Crippen molar-refractivity contribution in [3.63, 3.8) is 0 Å². The van der Waals surface area contributed by atoms with Crippen LogP contribution < -0.4 is 15.8 Å². The molecule has 1 unspecified atom stereocenters. The highest BCUT2D eigenvalue weighted by Gasteiger charge is 2.34. The minimum Gasteiger partial charge on any atom is -0.381 e. The summed E-state index contributed by atoms with van der Waals surface area (Å²) in [6, 6.07) is 13.4. The van der Waals surface area contributed by atoms with E-state index in [1.165, 1.54) is 11.6 Å². The maximum absolute atomic E-state index is 11.8. The number of ether oxygens (including phenoxy) is 1. The summed E-state index contributed by atoms with van der Waals surface area (Å²) < 4.78 is 29.2. The van der Waals surface area contributed by atoms with Crippen molar-refractivity contribution in [3.8, 4) is 0 Å². The van der Waals surface area contributed by atoms with Gasteiger partial charge in [-0.15, -0.1) is 0 Å². The zero-order valence-corrected chi connectivity index (χ0v) is 16.2. The van der Waals surface area contributed by atoms with E-state index in [1.54, 1.807) is 12.3 Å². The molecule has 1 aromatic carbocycles. The molecule has 0 radical (unpaired) electrons. The number of nitrogens with zero attached hydrogens (tertiary/aromatic N) is 1. The van der Waals surface area contributed by atoms with Crippen molar-refractivity contribution in [2.75, 3.05) is 25.1 Å². The molecule has 1 saturated heterocycles. The molecule has 0 amide bonds. The number of rotatable bonds is 7. The van der Waals surface area contributed by atoms with E-state index >= 15 is 0 Å². The van der Waals surface area contributed by atoms with Crippen LogP contribution in [0.2, 0.25) is 0 Å². The van der Waals surface area contributed by atoms with Crippen LogP contribution in [-0.4, -0.2) is 38.7 Å². The fraction of sp³-hybridized carbons (Fsp3) is 0.421. The first-order valence-electron chi connectivity index (χ1n) is 9.02. The van der Waals surface area contributed by atoms with Crippen LogP contribution in [0.3, 0.4) is 0 Å². The van der Waals surface area contributed by atoms with Crippen LogP contribution in [0.1, 0.15) is 31.4 Å². The summed E-state index contributed by atoms with van der Waals surface area (Å²) >= 11 is 0. The summed E-state index contributed by atoms with van der Waals surface area (Å²) in [5.74, 6) is 0.278. The quantitative estimate of drug-likeness (QED) is 0.668. The van der Waals surface area contributed by atoms with E-state index in [0.717, 1.165) is 12.8 Å². The van der Waals surface area contributed by atoms with Gasteiger partial charge >= 0.3 is 0 Å². The fourth-order valence-electron chi connectivity index (χ4n) is 3.42. The van der Waals surface area contributed by atoms with Crippen LogP contribution in [0.4, 0.5) is 5.82 Å². The van der Waals surface area contributed by atoms with Gasteiger partial charge in [0.25, 0.3) is 0 Å². The predicted octanol–water partition coefficient (Wildman–Crippen LogP) is 2.04. The molecule has 0 bridgehead atoms. The van der Waals surface area contributed by atoms with Crippen molar-refractivity contribution >= 4 is 15.8 Å². The summed E-state index contributed by atoms with van der Waals surface area (Å²) in [5, 5.41) is 12.2. The number of nitrogens with one attached hydrogen (secondary N) is 2. The summed E-state index contributed by atoms with van der Waals surface area (Å²) in [7, 11) is -3.84. The summed E-state index contributed by atoms with van der Waals surface area (Å²) in [5.41, 5.74) is 0.965. The van der Waals surface area contributed by atoms with Crippen LogP contribution in [0.5, 0.6) is 0 Å². The maximum Gasteiger partial charge on any atom is 0.241 e. The van der Waals surface area contributed by atoms with E-state index in [2.05, 4.69) is 34.7 Å². The van der Waals surface area contributed by atoms with Gasteiger partial charge in [-0.2, -0.15) is 0 Å². The minimum absolute atomic E-state index is 0.00307. The third kappa shape index (κ3) is 5.04. The Balaban J connectivity index is 1.78. The molecule has 0 saturated carbocycles. The summed E-state index contributed by atoms with van der Waals surface area (Å²) in [6.45, 7) is 3.96. The number of benzene rings is 1. The van der Waals surface area contributed by atoms with E-state index in [1.807, 2.05) is 18.2 Å². The molecule has 0 aliphatic carbocycles. The van der Waals surface area contributed by atoms with Gasteiger partial charge in [-0.1, -0.05) is 30.3 Å². The Morgan fingerprint density at radius 1 is 1.19 bits per heavy atom. The fourth-order valence-corrected chi connectivity index (χ4v) is 4.09. The molecule has 27 heavy (non-hydrogen) atoms. The minimum atomic E-state index is -3.84. The number of pyridine rings is 1. The van der Waals surface area contributed by atoms with Gasteiger partial charge in [0.1, 0.15) is 10.7 Å². The molecule has 1 aliphatic heterocycles. The number of sulfonamides is 1. The Hall–Kier alpha value is -2.00. The highest BCUT2D eigenvalue weighted by Crippen LogP contribution is 2.27. The van der Waals surface area contributed by atoms with Crippen LogP contribution in [0.25, 0.3) is 0 Å². The first-order valence-corrected chi connectivity index (χ1v) is 10.6. The average molecular weight is 391 g/mol. The largest absolute Gasteiger partial charge is 0.381 e. The molecule has 4 N–H and O–H groups in total. The molecule has 1 aliphatic rings. The van der Waals surface area contributed by atoms with Crippen molar-refractivity contribution in [1.29, 1.82) is 0 Å². The molecule has 146 valence electrons. The highest BCUT2D eigenvalue weighted by atomic mass is 32.2. The van der Waals surface area contributed by atoms with Crippen molar-refractivity contribution in [1.82, 2.24) is 10.3 Å². The number of anilines is 1. The van der Waals surface area contributed by atoms with E-state index < -0.39 is 10.0 Å². The predicted molar refractivity (Wildman–Crippen MR) is 105 cm³/mol. The van der Waals surface area contributed by atoms with Gasteiger partial charge in [-0.3, -0.25) is 0 Å². The summed E-state index contributed by atoms with van der Waals surface area (Å²) in [4.78, 5) is 4.17. The molecule has 7 nitrogen and oxygen atoms in total. The normalized spacial score (nSPS) is 18.0. The number of hydrogen-bond donors (Lipinski definition) is 3. The number of primary sulfonamides is 1. The third-order valence-corrected chi connectivity index (χ3v) is 5.89. The monoisotopic (exact) mass is 390 g/mol. The van der Waals surface area contributed by atoms with Crippen molar-refractivity contribution in [2.24, 2.45) is 5.14 Å². The van der Waals surface area contributed by atoms with E-state index in [4.69, 9.17) is 9.88 Å². The maximum atomic E-state index is 11.8. The second kappa shape index (κ2) is 8.35. The summed E-state index contributed by atoms with van der Waals surface area (Å²) in [6.07, 6.45) is 3.18. The smallest absolute Gasteiger partial charge is 0.241 e. The van der Waals surface area contributed by atoms with Gasteiger partial charge in [-0.05, 0) is 37.5 Å². The van der Waals surface area contributed by atoms with Crippen LogP contribution in [0.15, 0.2) is 53.6 Å². The van der Waals surface area contributed by atoms with Crippen LogP contribution >= 0.6 is 0 Å². The van der Waals surface area contributed by atoms with E-state index in [-0.39, 0.29) is 22.3 Å². The van der Waals surface area contributed by atoms with Gasteiger partial charge in [-0.25, -0.2) is 18.5 Å². The lowest BCUT2D eigenvalue weighted by atomic mass is 9.88.